The van der Waals surface area contributed by atoms with Crippen LogP contribution in [0.4, 0.5) is 5.82 Å². The molecular weight excluding hydrogens is 276 g/mol. The van der Waals surface area contributed by atoms with Crippen LogP contribution in [0.2, 0.25) is 0 Å². The average molecular weight is 290 g/mol. The fourth-order valence-electron chi connectivity index (χ4n) is 2.05. The van der Waals surface area contributed by atoms with Gasteiger partial charge in [-0.2, -0.15) is 10.4 Å². The van der Waals surface area contributed by atoms with Crippen LogP contribution in [0.1, 0.15) is 11.3 Å². The molecule has 0 fully saturated rings. The molecule has 0 unspecified atom stereocenters. The Morgan fingerprint density at radius 2 is 2.00 bits per heavy atom. The van der Waals surface area contributed by atoms with Crippen LogP contribution in [-0.2, 0) is 6.42 Å². The molecule has 0 spiro atoms. The van der Waals surface area contributed by atoms with Crippen molar-refractivity contribution in [2.45, 2.75) is 6.42 Å². The number of anilines is 1. The van der Waals surface area contributed by atoms with E-state index in [4.69, 9.17) is 5.26 Å². The maximum atomic E-state index is 8.67. The average Bonchev–Trinajstić information content (AvgIpc) is 3.11. The lowest BCUT2D eigenvalue weighted by Gasteiger charge is -2.06. The standard InChI is InChI=1S/C16H14N6/c17-10-14-11-20-16(12-19-14)18-8-6-13-2-4-15(5-3-13)22-9-1-7-21-22/h1-5,7,9,11-12H,6,8H2,(H,18,20). The van der Waals surface area contributed by atoms with Crippen LogP contribution in [0.3, 0.4) is 0 Å². The summed E-state index contributed by atoms with van der Waals surface area (Å²) in [5, 5.41) is 16.0. The van der Waals surface area contributed by atoms with Crippen molar-refractivity contribution in [3.05, 3.63) is 66.4 Å². The zero-order valence-electron chi connectivity index (χ0n) is 11.8. The number of benzene rings is 1. The molecule has 22 heavy (non-hydrogen) atoms. The molecule has 1 N–H and O–H groups in total. The van der Waals surface area contributed by atoms with E-state index in [9.17, 15) is 0 Å². The van der Waals surface area contributed by atoms with Crippen molar-refractivity contribution >= 4 is 5.82 Å². The van der Waals surface area contributed by atoms with Crippen LogP contribution in [-0.4, -0.2) is 26.3 Å². The van der Waals surface area contributed by atoms with Gasteiger partial charge in [0.15, 0.2) is 5.69 Å². The molecule has 0 atom stereocenters. The predicted molar refractivity (Wildman–Crippen MR) is 82.5 cm³/mol. The van der Waals surface area contributed by atoms with Gasteiger partial charge in [0.2, 0.25) is 0 Å². The Morgan fingerprint density at radius 3 is 2.64 bits per heavy atom. The molecule has 0 saturated carbocycles. The highest BCUT2D eigenvalue weighted by Crippen LogP contribution is 2.09. The van der Waals surface area contributed by atoms with Gasteiger partial charge in [-0.25, -0.2) is 14.6 Å². The molecule has 0 radical (unpaired) electrons. The second-order valence-electron chi connectivity index (χ2n) is 4.69. The zero-order valence-corrected chi connectivity index (χ0v) is 11.8. The first kappa shape index (κ1) is 13.8. The Morgan fingerprint density at radius 1 is 1.14 bits per heavy atom. The third-order valence-electron chi connectivity index (χ3n) is 3.19. The highest BCUT2D eigenvalue weighted by molar-refractivity contribution is 5.36. The summed E-state index contributed by atoms with van der Waals surface area (Å²) in [6.45, 7) is 0.752. The molecule has 108 valence electrons. The molecule has 2 heterocycles. The van der Waals surface area contributed by atoms with Crippen molar-refractivity contribution in [3.63, 3.8) is 0 Å². The maximum absolute atomic E-state index is 8.67. The minimum atomic E-state index is 0.319. The fraction of sp³-hybridized carbons (Fsp3) is 0.125. The van der Waals surface area contributed by atoms with E-state index in [0.717, 1.165) is 18.7 Å². The molecule has 3 rings (SSSR count). The van der Waals surface area contributed by atoms with Gasteiger partial charge >= 0.3 is 0 Å². The molecule has 6 nitrogen and oxygen atoms in total. The lowest BCUT2D eigenvalue weighted by atomic mass is 10.1. The molecule has 0 aliphatic heterocycles. The molecule has 0 bridgehead atoms. The van der Waals surface area contributed by atoms with Gasteiger partial charge < -0.3 is 5.32 Å². The van der Waals surface area contributed by atoms with E-state index in [1.54, 1.807) is 12.4 Å². The summed E-state index contributed by atoms with van der Waals surface area (Å²) in [4.78, 5) is 8.09. The summed E-state index contributed by atoms with van der Waals surface area (Å²) in [6, 6.07) is 12.1. The monoisotopic (exact) mass is 290 g/mol. The molecule has 0 aliphatic rings. The minimum absolute atomic E-state index is 0.319. The van der Waals surface area contributed by atoms with E-state index in [-0.39, 0.29) is 0 Å². The van der Waals surface area contributed by atoms with E-state index >= 15 is 0 Å². The Labute approximate surface area is 128 Å². The fourth-order valence-corrected chi connectivity index (χ4v) is 2.05. The highest BCUT2D eigenvalue weighted by atomic mass is 15.3. The van der Waals surface area contributed by atoms with E-state index in [1.165, 1.54) is 11.8 Å². The van der Waals surface area contributed by atoms with Crippen LogP contribution < -0.4 is 5.32 Å². The van der Waals surface area contributed by atoms with Gasteiger partial charge in [-0.3, -0.25) is 0 Å². The van der Waals surface area contributed by atoms with Gasteiger partial charge in [0.1, 0.15) is 11.9 Å². The summed E-state index contributed by atoms with van der Waals surface area (Å²) >= 11 is 0. The van der Waals surface area contributed by atoms with Gasteiger partial charge in [-0.15, -0.1) is 0 Å². The smallest absolute Gasteiger partial charge is 0.158 e. The lowest BCUT2D eigenvalue weighted by Crippen LogP contribution is -2.07. The zero-order chi connectivity index (χ0) is 15.2. The number of rotatable bonds is 5. The molecule has 1 aromatic carbocycles. The summed E-state index contributed by atoms with van der Waals surface area (Å²) in [7, 11) is 0. The van der Waals surface area contributed by atoms with Crippen molar-refractivity contribution < 1.29 is 0 Å². The van der Waals surface area contributed by atoms with Gasteiger partial charge in [-0.1, -0.05) is 12.1 Å². The van der Waals surface area contributed by atoms with Crippen molar-refractivity contribution in [2.75, 3.05) is 11.9 Å². The summed E-state index contributed by atoms with van der Waals surface area (Å²) < 4.78 is 1.83. The number of nitriles is 1. The van der Waals surface area contributed by atoms with E-state index in [0.29, 0.717) is 11.5 Å². The van der Waals surface area contributed by atoms with E-state index in [2.05, 4.69) is 32.5 Å². The first-order chi connectivity index (χ1) is 10.8. The van der Waals surface area contributed by atoms with Gasteiger partial charge in [0, 0.05) is 18.9 Å². The second kappa shape index (κ2) is 6.50. The Balaban J connectivity index is 1.54. The Hall–Kier alpha value is -3.20. The van der Waals surface area contributed by atoms with Gasteiger partial charge in [0.05, 0.1) is 18.1 Å². The molecule has 6 heteroatoms. The first-order valence-corrected chi connectivity index (χ1v) is 6.90. The molecule has 0 saturated heterocycles. The Bertz CT molecular complexity index is 754. The van der Waals surface area contributed by atoms with Crippen molar-refractivity contribution in [1.82, 2.24) is 19.7 Å². The van der Waals surface area contributed by atoms with Crippen LogP contribution in [0.15, 0.2) is 55.1 Å². The SMILES string of the molecule is N#Cc1cnc(NCCc2ccc(-n3cccn3)cc2)cn1. The lowest BCUT2D eigenvalue weighted by molar-refractivity contribution is 0.878. The normalized spacial score (nSPS) is 10.1. The molecule has 0 aliphatic carbocycles. The van der Waals surface area contributed by atoms with Gasteiger partial charge in [-0.05, 0) is 30.2 Å². The minimum Gasteiger partial charge on any atom is -0.368 e. The number of nitrogens with zero attached hydrogens (tertiary/aromatic N) is 5. The third-order valence-corrected chi connectivity index (χ3v) is 3.19. The van der Waals surface area contributed by atoms with E-state index < -0.39 is 0 Å². The van der Waals surface area contributed by atoms with Crippen LogP contribution in [0.5, 0.6) is 0 Å². The van der Waals surface area contributed by atoms with E-state index in [1.807, 2.05) is 35.1 Å². The number of nitrogens with one attached hydrogen (secondary N) is 1. The largest absolute Gasteiger partial charge is 0.368 e. The van der Waals surface area contributed by atoms with Crippen molar-refractivity contribution in [1.29, 1.82) is 5.26 Å². The third kappa shape index (κ3) is 3.27. The van der Waals surface area contributed by atoms with Crippen LogP contribution in [0.25, 0.3) is 5.69 Å². The number of hydrogen-bond donors (Lipinski definition) is 1. The maximum Gasteiger partial charge on any atom is 0.158 e. The van der Waals surface area contributed by atoms with Crippen molar-refractivity contribution in [2.24, 2.45) is 0 Å². The molecule has 3 aromatic rings. The molecule has 2 aromatic heterocycles. The Kier molecular flexibility index (Phi) is 4.07. The molecule has 0 amide bonds. The van der Waals surface area contributed by atoms with Crippen LogP contribution in [0, 0.1) is 11.3 Å². The predicted octanol–water partition coefficient (Wildman–Crippen LogP) is 2.19. The number of hydrogen-bond acceptors (Lipinski definition) is 5. The molecular formula is C16H14N6. The van der Waals surface area contributed by atoms with Gasteiger partial charge in [0.25, 0.3) is 0 Å². The number of aromatic nitrogens is 4. The summed E-state index contributed by atoms with van der Waals surface area (Å²) in [5.74, 6) is 0.673. The van der Waals surface area contributed by atoms with Crippen LogP contribution >= 0.6 is 0 Å². The summed E-state index contributed by atoms with van der Waals surface area (Å²) in [5.41, 5.74) is 2.59. The first-order valence-electron chi connectivity index (χ1n) is 6.90. The second-order valence-corrected chi connectivity index (χ2v) is 4.69. The quantitative estimate of drug-likeness (QED) is 0.779. The van der Waals surface area contributed by atoms with Crippen molar-refractivity contribution in [3.8, 4) is 11.8 Å². The summed E-state index contributed by atoms with van der Waals surface area (Å²) in [6.07, 6.45) is 7.58. The highest BCUT2D eigenvalue weighted by Gasteiger charge is 1.99. The topological polar surface area (TPSA) is 79.4 Å².